The van der Waals surface area contributed by atoms with Gasteiger partial charge in [-0.2, -0.15) is 5.10 Å². The van der Waals surface area contributed by atoms with E-state index in [0.29, 0.717) is 16.9 Å². The molecule has 0 aliphatic heterocycles. The van der Waals surface area contributed by atoms with Crippen molar-refractivity contribution in [2.45, 2.75) is 20.8 Å². The predicted octanol–water partition coefficient (Wildman–Crippen LogP) is 3.10. The van der Waals surface area contributed by atoms with Gasteiger partial charge in [-0.05, 0) is 43.3 Å². The highest BCUT2D eigenvalue weighted by Gasteiger charge is 2.17. The molecule has 0 radical (unpaired) electrons. The minimum atomic E-state index is -0.433. The molecule has 24 heavy (non-hydrogen) atoms. The Morgan fingerprint density at radius 3 is 2.25 bits per heavy atom. The zero-order chi connectivity index (χ0) is 17.7. The molecule has 0 atom stereocenters. The Kier molecular flexibility index (Phi) is 5.47. The van der Waals surface area contributed by atoms with Gasteiger partial charge in [0.25, 0.3) is 0 Å². The Labute approximate surface area is 141 Å². The van der Waals surface area contributed by atoms with Crippen LogP contribution in [0.15, 0.2) is 53.6 Å². The van der Waals surface area contributed by atoms with Gasteiger partial charge in [-0.3, -0.25) is 4.79 Å². The van der Waals surface area contributed by atoms with Gasteiger partial charge in [0.2, 0.25) is 0 Å². The second kappa shape index (κ2) is 7.55. The highest BCUT2D eigenvalue weighted by molar-refractivity contribution is 6.46. The van der Waals surface area contributed by atoms with Gasteiger partial charge in [-0.15, -0.1) is 0 Å². The normalized spacial score (nSPS) is 11.4. The first kappa shape index (κ1) is 17.4. The van der Waals surface area contributed by atoms with E-state index in [9.17, 15) is 9.59 Å². The second-order valence-electron chi connectivity index (χ2n) is 5.78. The van der Waals surface area contributed by atoms with Gasteiger partial charge in [-0.1, -0.05) is 31.5 Å². The number of ketones is 1. The summed E-state index contributed by atoms with van der Waals surface area (Å²) in [5, 5.41) is 3.59. The Morgan fingerprint density at radius 2 is 1.71 bits per heavy atom. The average molecular weight is 324 g/mol. The minimum Gasteiger partial charge on any atom is -0.423 e. The van der Waals surface area contributed by atoms with Gasteiger partial charge < -0.3 is 10.6 Å². The minimum absolute atomic E-state index is 0.137. The highest BCUT2D eigenvalue weighted by atomic mass is 16.5. The monoisotopic (exact) mass is 324 g/mol. The summed E-state index contributed by atoms with van der Waals surface area (Å²) in [6.07, 6.45) is 0. The first-order chi connectivity index (χ1) is 11.4. The van der Waals surface area contributed by atoms with Gasteiger partial charge in [0.15, 0.2) is 5.78 Å². The number of carbonyl (C=O) groups is 2. The molecule has 0 unspecified atom stereocenters. The molecule has 0 saturated carbocycles. The Hall–Kier alpha value is -2.95. The number of nitrogens with zero attached hydrogens (tertiary/aromatic N) is 1. The number of nitrogens with two attached hydrogens (primary N) is 1. The van der Waals surface area contributed by atoms with Crippen molar-refractivity contribution >= 4 is 17.5 Å². The number of ether oxygens (including phenoxy) is 1. The number of Topliss-reactive ketones (excluding diaryl/α,β-unsaturated/α-hetero) is 1. The van der Waals surface area contributed by atoms with E-state index >= 15 is 0 Å². The molecule has 2 N–H and O–H groups in total. The van der Waals surface area contributed by atoms with Gasteiger partial charge in [0.1, 0.15) is 11.5 Å². The number of rotatable bonds is 5. The Morgan fingerprint density at radius 1 is 1.04 bits per heavy atom. The van der Waals surface area contributed by atoms with E-state index in [1.54, 1.807) is 56.3 Å². The summed E-state index contributed by atoms with van der Waals surface area (Å²) in [4.78, 5) is 24.2. The lowest BCUT2D eigenvalue weighted by Gasteiger charge is -2.09. The van der Waals surface area contributed by atoms with Crippen molar-refractivity contribution in [2.75, 3.05) is 0 Å². The van der Waals surface area contributed by atoms with E-state index in [0.717, 1.165) is 5.56 Å². The van der Waals surface area contributed by atoms with Crippen molar-refractivity contribution in [3.63, 3.8) is 0 Å². The summed E-state index contributed by atoms with van der Waals surface area (Å²) in [5.41, 5.74) is 2.27. The quantitative estimate of drug-likeness (QED) is 0.301. The van der Waals surface area contributed by atoms with Crippen molar-refractivity contribution in [3.05, 3.63) is 65.2 Å². The van der Waals surface area contributed by atoms with E-state index in [-0.39, 0.29) is 17.4 Å². The molecule has 0 heterocycles. The predicted molar refractivity (Wildman–Crippen MR) is 93.1 cm³/mol. The zero-order valence-corrected chi connectivity index (χ0v) is 13.9. The molecule has 5 nitrogen and oxygen atoms in total. The van der Waals surface area contributed by atoms with E-state index in [4.69, 9.17) is 10.6 Å². The largest absolute Gasteiger partial charge is 0.423 e. The van der Waals surface area contributed by atoms with Crippen LogP contribution < -0.4 is 10.6 Å². The van der Waals surface area contributed by atoms with E-state index in [1.807, 2.05) is 13.0 Å². The summed E-state index contributed by atoms with van der Waals surface area (Å²) in [5.74, 6) is 4.95. The molecule has 0 aliphatic rings. The van der Waals surface area contributed by atoms with E-state index in [2.05, 4.69) is 5.10 Å². The average Bonchev–Trinajstić information content (AvgIpc) is 2.56. The fourth-order valence-electron chi connectivity index (χ4n) is 2.17. The SMILES string of the molecule is Cc1cccc(C(=O)Oc2ccc(/C(=N\N)C(=O)C(C)C)cc2)c1. The summed E-state index contributed by atoms with van der Waals surface area (Å²) in [6, 6.07) is 13.7. The van der Waals surface area contributed by atoms with Crippen LogP contribution in [0.2, 0.25) is 0 Å². The molecule has 0 aromatic heterocycles. The van der Waals surface area contributed by atoms with Crippen LogP contribution in [-0.2, 0) is 4.79 Å². The molecule has 2 aromatic rings. The highest BCUT2D eigenvalue weighted by Crippen LogP contribution is 2.16. The number of hydrazone groups is 1. The fourth-order valence-corrected chi connectivity index (χ4v) is 2.17. The van der Waals surface area contributed by atoms with Crippen LogP contribution in [0.1, 0.15) is 35.3 Å². The molecule has 0 saturated heterocycles. The van der Waals surface area contributed by atoms with E-state index < -0.39 is 5.97 Å². The van der Waals surface area contributed by atoms with Gasteiger partial charge in [0, 0.05) is 11.5 Å². The van der Waals surface area contributed by atoms with Gasteiger partial charge in [0.05, 0.1) is 5.56 Å². The number of esters is 1. The van der Waals surface area contributed by atoms with Crippen molar-refractivity contribution in [1.82, 2.24) is 0 Å². The van der Waals surface area contributed by atoms with E-state index in [1.165, 1.54) is 0 Å². The van der Waals surface area contributed by atoms with Crippen molar-refractivity contribution in [2.24, 2.45) is 16.9 Å². The smallest absolute Gasteiger partial charge is 0.343 e. The van der Waals surface area contributed by atoms with Crippen molar-refractivity contribution in [3.8, 4) is 5.75 Å². The Balaban J connectivity index is 2.15. The molecule has 5 heteroatoms. The first-order valence-electron chi connectivity index (χ1n) is 7.63. The lowest BCUT2D eigenvalue weighted by atomic mass is 9.99. The van der Waals surface area contributed by atoms with Gasteiger partial charge in [-0.25, -0.2) is 4.79 Å². The molecule has 124 valence electrons. The number of benzene rings is 2. The number of hydrogen-bond donors (Lipinski definition) is 1. The lowest BCUT2D eigenvalue weighted by molar-refractivity contribution is -0.115. The van der Waals surface area contributed by atoms with Crippen LogP contribution in [0.4, 0.5) is 0 Å². The maximum Gasteiger partial charge on any atom is 0.343 e. The molecular formula is C19H20N2O3. The fraction of sp³-hybridized carbons (Fsp3) is 0.211. The van der Waals surface area contributed by atoms with Crippen LogP contribution in [0, 0.1) is 12.8 Å². The van der Waals surface area contributed by atoms with Crippen LogP contribution in [-0.4, -0.2) is 17.5 Å². The van der Waals surface area contributed by atoms with Crippen molar-refractivity contribution < 1.29 is 14.3 Å². The number of carbonyl (C=O) groups excluding carboxylic acids is 2. The molecule has 0 amide bonds. The standard InChI is InChI=1S/C19H20N2O3/c1-12(2)18(22)17(21-20)14-7-9-16(10-8-14)24-19(23)15-6-4-5-13(3)11-15/h4-12H,20H2,1-3H3/b21-17+. The lowest BCUT2D eigenvalue weighted by Crippen LogP contribution is -2.22. The maximum atomic E-state index is 12.1. The zero-order valence-electron chi connectivity index (χ0n) is 13.9. The molecule has 0 aliphatic carbocycles. The van der Waals surface area contributed by atoms with Crippen LogP contribution in [0.5, 0.6) is 5.75 Å². The molecule has 0 fully saturated rings. The van der Waals surface area contributed by atoms with Gasteiger partial charge >= 0.3 is 5.97 Å². The first-order valence-corrected chi connectivity index (χ1v) is 7.63. The van der Waals surface area contributed by atoms with Crippen LogP contribution >= 0.6 is 0 Å². The third-order valence-electron chi connectivity index (χ3n) is 3.48. The second-order valence-corrected chi connectivity index (χ2v) is 5.78. The van der Waals surface area contributed by atoms with Crippen molar-refractivity contribution in [1.29, 1.82) is 0 Å². The number of hydrogen-bond acceptors (Lipinski definition) is 5. The maximum absolute atomic E-state index is 12.1. The third-order valence-corrected chi connectivity index (χ3v) is 3.48. The topological polar surface area (TPSA) is 81.8 Å². The molecule has 0 bridgehead atoms. The number of aryl methyl sites for hydroxylation is 1. The van der Waals surface area contributed by atoms with Crippen LogP contribution in [0.25, 0.3) is 0 Å². The Bertz CT molecular complexity index is 777. The third kappa shape index (κ3) is 4.07. The molecule has 2 rings (SSSR count). The molecular weight excluding hydrogens is 304 g/mol. The molecule has 0 spiro atoms. The molecule has 2 aromatic carbocycles. The summed E-state index contributed by atoms with van der Waals surface area (Å²) in [6.45, 7) is 5.47. The van der Waals surface area contributed by atoms with Crippen LogP contribution in [0.3, 0.4) is 0 Å². The summed E-state index contributed by atoms with van der Waals surface area (Å²) in [7, 11) is 0. The summed E-state index contributed by atoms with van der Waals surface area (Å²) < 4.78 is 5.34. The summed E-state index contributed by atoms with van der Waals surface area (Å²) >= 11 is 0.